The smallest absolute Gasteiger partial charge is 0.119 e. The third kappa shape index (κ3) is 6.84. The van der Waals surface area contributed by atoms with Crippen LogP contribution in [0.25, 0.3) is 0 Å². The molecule has 0 aliphatic carbocycles. The van der Waals surface area contributed by atoms with Crippen LogP contribution >= 0.6 is 12.4 Å². The van der Waals surface area contributed by atoms with Gasteiger partial charge in [-0.1, -0.05) is 19.1 Å². The number of benzene rings is 1. The first kappa shape index (κ1) is 17.2. The van der Waals surface area contributed by atoms with Crippen LogP contribution in [0.1, 0.15) is 25.8 Å². The maximum atomic E-state index is 9.74. The zero-order valence-corrected chi connectivity index (χ0v) is 12.2. The molecule has 0 heterocycles. The Hall–Kier alpha value is -0.770. The zero-order chi connectivity index (χ0) is 12.7. The molecule has 0 aliphatic rings. The third-order valence-corrected chi connectivity index (χ3v) is 2.75. The minimum absolute atomic E-state index is 0. The first-order valence-corrected chi connectivity index (χ1v) is 6.22. The van der Waals surface area contributed by atoms with Crippen molar-refractivity contribution in [1.29, 1.82) is 0 Å². The minimum Gasteiger partial charge on any atom is -0.491 e. The van der Waals surface area contributed by atoms with Crippen LogP contribution in [-0.2, 0) is 0 Å². The van der Waals surface area contributed by atoms with E-state index >= 15 is 0 Å². The summed E-state index contributed by atoms with van der Waals surface area (Å²) in [6.45, 7) is 7.14. The molecule has 3 nitrogen and oxygen atoms in total. The van der Waals surface area contributed by atoms with Crippen molar-refractivity contribution in [3.63, 3.8) is 0 Å². The van der Waals surface area contributed by atoms with Gasteiger partial charge < -0.3 is 15.2 Å². The van der Waals surface area contributed by atoms with Crippen LogP contribution in [0.15, 0.2) is 24.3 Å². The minimum atomic E-state index is -0.468. The van der Waals surface area contributed by atoms with Gasteiger partial charge in [0.15, 0.2) is 0 Å². The van der Waals surface area contributed by atoms with E-state index in [1.54, 1.807) is 0 Å². The van der Waals surface area contributed by atoms with Crippen molar-refractivity contribution in [1.82, 2.24) is 5.32 Å². The monoisotopic (exact) mass is 273 g/mol. The van der Waals surface area contributed by atoms with Crippen LogP contribution in [0.2, 0.25) is 0 Å². The lowest BCUT2D eigenvalue weighted by molar-refractivity contribution is 0.104. The van der Waals surface area contributed by atoms with Gasteiger partial charge in [0.25, 0.3) is 0 Å². The number of aliphatic hydroxyl groups excluding tert-OH is 1. The second-order valence-corrected chi connectivity index (χ2v) is 4.50. The van der Waals surface area contributed by atoms with Crippen LogP contribution in [0.5, 0.6) is 5.75 Å². The molecule has 0 amide bonds. The van der Waals surface area contributed by atoms with Gasteiger partial charge >= 0.3 is 0 Å². The van der Waals surface area contributed by atoms with Crippen molar-refractivity contribution < 1.29 is 9.84 Å². The van der Waals surface area contributed by atoms with E-state index in [4.69, 9.17) is 4.74 Å². The van der Waals surface area contributed by atoms with Crippen LogP contribution in [-0.4, -0.2) is 30.4 Å². The Morgan fingerprint density at radius 3 is 2.72 bits per heavy atom. The van der Waals surface area contributed by atoms with Crippen molar-refractivity contribution in [2.75, 3.05) is 13.2 Å². The molecule has 0 aromatic heterocycles. The van der Waals surface area contributed by atoms with Gasteiger partial charge in [-0.25, -0.2) is 0 Å². The molecule has 2 N–H and O–H groups in total. The van der Waals surface area contributed by atoms with E-state index in [2.05, 4.69) is 19.2 Å². The summed E-state index contributed by atoms with van der Waals surface area (Å²) in [5.74, 6) is 0.813. The molecule has 4 heteroatoms. The molecule has 1 rings (SSSR count). The SMILES string of the molecule is CCC(C)NCC(O)COc1cccc(C)c1.Cl. The van der Waals surface area contributed by atoms with Gasteiger partial charge in [-0.15, -0.1) is 12.4 Å². The summed E-state index contributed by atoms with van der Waals surface area (Å²) in [7, 11) is 0. The molecule has 0 radical (unpaired) electrons. The van der Waals surface area contributed by atoms with Crippen molar-refractivity contribution in [2.45, 2.75) is 39.3 Å². The Balaban J connectivity index is 0.00000289. The molecule has 1 aromatic carbocycles. The number of rotatable bonds is 7. The fraction of sp³-hybridized carbons (Fsp3) is 0.571. The second kappa shape index (κ2) is 9.20. The molecule has 104 valence electrons. The highest BCUT2D eigenvalue weighted by atomic mass is 35.5. The molecule has 0 aliphatic heterocycles. The number of nitrogens with one attached hydrogen (secondary N) is 1. The quantitative estimate of drug-likeness (QED) is 0.802. The van der Waals surface area contributed by atoms with E-state index in [0.29, 0.717) is 19.2 Å². The van der Waals surface area contributed by atoms with Crippen molar-refractivity contribution in [2.24, 2.45) is 0 Å². The Labute approximate surface area is 116 Å². The third-order valence-electron chi connectivity index (χ3n) is 2.75. The summed E-state index contributed by atoms with van der Waals surface area (Å²) in [5.41, 5.74) is 1.16. The number of halogens is 1. The maximum absolute atomic E-state index is 9.74. The molecule has 0 saturated carbocycles. The number of hydrogen-bond acceptors (Lipinski definition) is 3. The first-order chi connectivity index (χ1) is 8.11. The molecule has 0 bridgehead atoms. The largest absolute Gasteiger partial charge is 0.491 e. The van der Waals surface area contributed by atoms with Gasteiger partial charge in [-0.05, 0) is 38.0 Å². The fourth-order valence-corrected chi connectivity index (χ4v) is 1.44. The molecule has 1 aromatic rings. The number of aliphatic hydroxyl groups is 1. The van der Waals surface area contributed by atoms with Gasteiger partial charge in [-0.3, -0.25) is 0 Å². The Kier molecular flexibility index (Phi) is 8.81. The summed E-state index contributed by atoms with van der Waals surface area (Å²) in [4.78, 5) is 0. The summed E-state index contributed by atoms with van der Waals surface area (Å²) in [6.07, 6.45) is 0.593. The van der Waals surface area contributed by atoms with Crippen molar-refractivity contribution in [3.05, 3.63) is 29.8 Å². The topological polar surface area (TPSA) is 41.5 Å². The maximum Gasteiger partial charge on any atom is 0.119 e. The first-order valence-electron chi connectivity index (χ1n) is 6.22. The summed E-state index contributed by atoms with van der Waals surface area (Å²) in [5, 5.41) is 13.0. The van der Waals surface area contributed by atoms with E-state index < -0.39 is 6.10 Å². The zero-order valence-electron chi connectivity index (χ0n) is 11.3. The molecule has 2 atom stereocenters. The molecule has 0 fully saturated rings. The lowest BCUT2D eigenvalue weighted by Crippen LogP contribution is -2.36. The van der Waals surface area contributed by atoms with Gasteiger partial charge in [0.2, 0.25) is 0 Å². The van der Waals surface area contributed by atoms with Crippen LogP contribution < -0.4 is 10.1 Å². The number of aryl methyl sites for hydroxylation is 1. The van der Waals surface area contributed by atoms with Crippen LogP contribution in [0.4, 0.5) is 0 Å². The standard InChI is InChI=1S/C14H23NO2.ClH/c1-4-12(3)15-9-13(16)10-17-14-7-5-6-11(2)8-14;/h5-8,12-13,15-16H,4,9-10H2,1-3H3;1H. The van der Waals surface area contributed by atoms with Crippen molar-refractivity contribution in [3.8, 4) is 5.75 Å². The highest BCUT2D eigenvalue weighted by Crippen LogP contribution is 2.12. The predicted molar refractivity (Wildman–Crippen MR) is 77.7 cm³/mol. The Morgan fingerprint density at radius 1 is 1.39 bits per heavy atom. The van der Waals surface area contributed by atoms with E-state index in [9.17, 15) is 5.11 Å². The van der Waals surface area contributed by atoms with Gasteiger partial charge in [0.1, 0.15) is 18.5 Å². The number of ether oxygens (including phenoxy) is 1. The van der Waals surface area contributed by atoms with Gasteiger partial charge in [0.05, 0.1) is 0 Å². The highest BCUT2D eigenvalue weighted by Gasteiger charge is 2.06. The average Bonchev–Trinajstić information content (AvgIpc) is 2.33. The summed E-state index contributed by atoms with van der Waals surface area (Å²) < 4.78 is 5.52. The summed E-state index contributed by atoms with van der Waals surface area (Å²) in [6, 6.07) is 8.28. The predicted octanol–water partition coefficient (Wildman–Crippen LogP) is 2.54. The van der Waals surface area contributed by atoms with Gasteiger partial charge in [0, 0.05) is 12.6 Å². The van der Waals surface area contributed by atoms with E-state index in [0.717, 1.165) is 17.7 Å². The fourth-order valence-electron chi connectivity index (χ4n) is 1.44. The summed E-state index contributed by atoms with van der Waals surface area (Å²) >= 11 is 0. The molecule has 2 unspecified atom stereocenters. The normalized spacial score (nSPS) is 13.6. The van der Waals surface area contributed by atoms with Crippen LogP contribution in [0, 0.1) is 6.92 Å². The van der Waals surface area contributed by atoms with Crippen molar-refractivity contribution >= 4 is 12.4 Å². The lowest BCUT2D eigenvalue weighted by Gasteiger charge is -2.16. The molecular formula is C14H24ClNO2. The lowest BCUT2D eigenvalue weighted by atomic mass is 10.2. The molecule has 0 saturated heterocycles. The number of hydrogen-bond donors (Lipinski definition) is 2. The average molecular weight is 274 g/mol. The highest BCUT2D eigenvalue weighted by molar-refractivity contribution is 5.85. The molecule has 0 spiro atoms. The Morgan fingerprint density at radius 2 is 2.11 bits per heavy atom. The van der Waals surface area contributed by atoms with E-state index in [1.807, 2.05) is 31.2 Å². The Bertz CT molecular complexity index is 333. The second-order valence-electron chi connectivity index (χ2n) is 4.50. The molecule has 18 heavy (non-hydrogen) atoms. The van der Waals surface area contributed by atoms with E-state index in [1.165, 1.54) is 0 Å². The molecular weight excluding hydrogens is 250 g/mol. The van der Waals surface area contributed by atoms with Crippen LogP contribution in [0.3, 0.4) is 0 Å². The van der Waals surface area contributed by atoms with E-state index in [-0.39, 0.29) is 12.4 Å². The van der Waals surface area contributed by atoms with Gasteiger partial charge in [-0.2, -0.15) is 0 Å².